The molecule has 0 saturated carbocycles. The first-order valence-electron chi connectivity index (χ1n) is 4.75. The van der Waals surface area contributed by atoms with E-state index in [1.807, 2.05) is 4.68 Å². The summed E-state index contributed by atoms with van der Waals surface area (Å²) >= 11 is 0. The van der Waals surface area contributed by atoms with Crippen LogP contribution in [0.5, 0.6) is 0 Å². The Hall–Kier alpha value is -0.840. The Balaban J connectivity index is 2.44. The summed E-state index contributed by atoms with van der Waals surface area (Å²) in [5.41, 5.74) is 1.97. The van der Waals surface area contributed by atoms with Gasteiger partial charge in [-0.25, -0.2) is 8.42 Å². The fourth-order valence-electron chi connectivity index (χ4n) is 1.83. The van der Waals surface area contributed by atoms with Crippen molar-refractivity contribution in [2.75, 3.05) is 5.75 Å². The molecule has 0 N–H and O–H groups in total. The summed E-state index contributed by atoms with van der Waals surface area (Å²) in [5, 5.41) is 4.22. The Kier molecular flexibility index (Phi) is 2.14. The molecule has 1 aliphatic heterocycles. The van der Waals surface area contributed by atoms with E-state index < -0.39 is 9.84 Å². The van der Waals surface area contributed by atoms with Crippen molar-refractivity contribution in [1.29, 1.82) is 0 Å². The van der Waals surface area contributed by atoms with Crippen molar-refractivity contribution in [3.63, 3.8) is 0 Å². The molecule has 1 aliphatic rings. The highest BCUT2D eigenvalue weighted by atomic mass is 32.2. The zero-order chi connectivity index (χ0) is 10.3. The van der Waals surface area contributed by atoms with Crippen molar-refractivity contribution in [2.24, 2.45) is 0 Å². The van der Waals surface area contributed by atoms with Crippen LogP contribution in [0.15, 0.2) is 6.20 Å². The SMILES string of the molecule is CC(C)n1ncc2c1CCS(=O)(=O)C2. The Morgan fingerprint density at radius 3 is 2.86 bits per heavy atom. The van der Waals surface area contributed by atoms with Gasteiger partial charge in [0, 0.05) is 23.7 Å². The fraction of sp³-hybridized carbons (Fsp3) is 0.667. The van der Waals surface area contributed by atoms with E-state index >= 15 is 0 Å². The van der Waals surface area contributed by atoms with Crippen LogP contribution in [-0.4, -0.2) is 24.0 Å². The molecule has 2 rings (SSSR count). The zero-order valence-electron chi connectivity index (χ0n) is 8.40. The first-order chi connectivity index (χ1) is 6.49. The summed E-state index contributed by atoms with van der Waals surface area (Å²) in [6, 6.07) is 0.305. The molecule has 0 amide bonds. The van der Waals surface area contributed by atoms with Crippen LogP contribution in [0.25, 0.3) is 0 Å². The molecule has 78 valence electrons. The Morgan fingerprint density at radius 1 is 1.50 bits per heavy atom. The minimum atomic E-state index is -2.86. The highest BCUT2D eigenvalue weighted by molar-refractivity contribution is 7.90. The van der Waals surface area contributed by atoms with Gasteiger partial charge in [0.25, 0.3) is 0 Å². The topological polar surface area (TPSA) is 52.0 Å². The molecule has 0 aromatic carbocycles. The smallest absolute Gasteiger partial charge is 0.154 e. The second-order valence-electron chi connectivity index (χ2n) is 4.00. The fourth-order valence-corrected chi connectivity index (χ4v) is 3.19. The van der Waals surface area contributed by atoms with Crippen LogP contribution in [-0.2, 0) is 22.0 Å². The van der Waals surface area contributed by atoms with Crippen LogP contribution < -0.4 is 0 Å². The largest absolute Gasteiger partial charge is 0.267 e. The van der Waals surface area contributed by atoms with Gasteiger partial charge in [0.2, 0.25) is 0 Å². The molecule has 0 unspecified atom stereocenters. The van der Waals surface area contributed by atoms with E-state index in [4.69, 9.17) is 0 Å². The lowest BCUT2D eigenvalue weighted by molar-refractivity contribution is 0.508. The predicted octanol–water partition coefficient (Wildman–Crippen LogP) is 0.935. The van der Waals surface area contributed by atoms with Crippen LogP contribution in [0, 0.1) is 0 Å². The van der Waals surface area contributed by atoms with Gasteiger partial charge >= 0.3 is 0 Å². The maximum absolute atomic E-state index is 11.4. The van der Waals surface area contributed by atoms with E-state index in [0.29, 0.717) is 12.5 Å². The Morgan fingerprint density at radius 2 is 2.21 bits per heavy atom. The molecule has 0 atom stereocenters. The second kappa shape index (κ2) is 3.08. The van der Waals surface area contributed by atoms with Gasteiger partial charge in [0.15, 0.2) is 9.84 Å². The monoisotopic (exact) mass is 214 g/mol. The van der Waals surface area contributed by atoms with Crippen molar-refractivity contribution in [3.05, 3.63) is 17.5 Å². The van der Waals surface area contributed by atoms with Crippen molar-refractivity contribution in [1.82, 2.24) is 9.78 Å². The van der Waals surface area contributed by atoms with Gasteiger partial charge in [-0.2, -0.15) is 5.10 Å². The molecule has 0 radical (unpaired) electrons. The van der Waals surface area contributed by atoms with E-state index in [1.54, 1.807) is 6.20 Å². The van der Waals surface area contributed by atoms with E-state index in [2.05, 4.69) is 18.9 Å². The summed E-state index contributed by atoms with van der Waals surface area (Å²) in [5.74, 6) is 0.424. The quantitative estimate of drug-likeness (QED) is 0.699. The highest BCUT2D eigenvalue weighted by Crippen LogP contribution is 2.22. The summed E-state index contributed by atoms with van der Waals surface area (Å²) in [7, 11) is -2.86. The minimum Gasteiger partial charge on any atom is -0.267 e. The van der Waals surface area contributed by atoms with Gasteiger partial charge in [-0.15, -0.1) is 0 Å². The Labute approximate surface area is 83.8 Å². The van der Waals surface area contributed by atoms with Crippen molar-refractivity contribution in [3.8, 4) is 0 Å². The first-order valence-corrected chi connectivity index (χ1v) is 6.57. The predicted molar refractivity (Wildman–Crippen MR) is 53.8 cm³/mol. The molecular weight excluding hydrogens is 200 g/mol. The van der Waals surface area contributed by atoms with E-state index in [-0.39, 0.29) is 11.5 Å². The summed E-state index contributed by atoms with van der Waals surface area (Å²) in [4.78, 5) is 0. The van der Waals surface area contributed by atoms with Crippen LogP contribution in [0.3, 0.4) is 0 Å². The van der Waals surface area contributed by atoms with Gasteiger partial charge < -0.3 is 0 Å². The minimum absolute atomic E-state index is 0.162. The number of rotatable bonds is 1. The zero-order valence-corrected chi connectivity index (χ0v) is 9.21. The van der Waals surface area contributed by atoms with Gasteiger partial charge in [-0.05, 0) is 13.8 Å². The second-order valence-corrected chi connectivity index (χ2v) is 6.18. The summed E-state index contributed by atoms with van der Waals surface area (Å²) < 4.78 is 24.6. The van der Waals surface area contributed by atoms with Gasteiger partial charge in [0.05, 0.1) is 17.7 Å². The van der Waals surface area contributed by atoms with Gasteiger partial charge in [-0.3, -0.25) is 4.68 Å². The van der Waals surface area contributed by atoms with E-state index in [1.165, 1.54) is 0 Å². The number of nitrogens with zero attached hydrogens (tertiary/aromatic N) is 2. The normalized spacial score (nSPS) is 19.6. The lowest BCUT2D eigenvalue weighted by Crippen LogP contribution is -2.21. The van der Waals surface area contributed by atoms with Crippen LogP contribution in [0.4, 0.5) is 0 Å². The summed E-state index contributed by atoms with van der Waals surface area (Å²) in [6.07, 6.45) is 2.29. The van der Waals surface area contributed by atoms with Crippen LogP contribution in [0.1, 0.15) is 31.1 Å². The number of hydrogen-bond donors (Lipinski definition) is 0. The molecular formula is C9H14N2O2S. The highest BCUT2D eigenvalue weighted by Gasteiger charge is 2.25. The molecule has 0 saturated heterocycles. The standard InChI is InChI=1S/C9H14N2O2S/c1-7(2)11-9-3-4-14(12,13)6-8(9)5-10-11/h5,7H,3-4,6H2,1-2H3. The molecule has 5 heteroatoms. The third kappa shape index (κ3) is 1.56. The molecule has 1 aromatic rings. The first kappa shape index (κ1) is 9.71. The maximum atomic E-state index is 11.4. The molecule has 0 aliphatic carbocycles. The van der Waals surface area contributed by atoms with E-state index in [0.717, 1.165) is 11.3 Å². The number of aromatic nitrogens is 2. The third-order valence-electron chi connectivity index (χ3n) is 2.50. The third-order valence-corrected chi connectivity index (χ3v) is 4.08. The average Bonchev–Trinajstić information content (AvgIpc) is 2.44. The molecule has 1 aromatic heterocycles. The molecule has 4 nitrogen and oxygen atoms in total. The van der Waals surface area contributed by atoms with Crippen LogP contribution >= 0.6 is 0 Å². The van der Waals surface area contributed by atoms with E-state index in [9.17, 15) is 8.42 Å². The molecule has 14 heavy (non-hydrogen) atoms. The Bertz CT molecular complexity index is 445. The van der Waals surface area contributed by atoms with Gasteiger partial charge in [-0.1, -0.05) is 0 Å². The number of hydrogen-bond acceptors (Lipinski definition) is 3. The summed E-state index contributed by atoms with van der Waals surface area (Å²) in [6.45, 7) is 4.10. The lowest BCUT2D eigenvalue weighted by atomic mass is 10.2. The molecule has 0 bridgehead atoms. The number of sulfone groups is 1. The molecule has 0 fully saturated rings. The molecule has 2 heterocycles. The van der Waals surface area contributed by atoms with Crippen molar-refractivity contribution < 1.29 is 8.42 Å². The molecule has 0 spiro atoms. The van der Waals surface area contributed by atoms with Crippen molar-refractivity contribution in [2.45, 2.75) is 32.1 Å². The maximum Gasteiger partial charge on any atom is 0.154 e. The lowest BCUT2D eigenvalue weighted by Gasteiger charge is -2.16. The van der Waals surface area contributed by atoms with Crippen LogP contribution in [0.2, 0.25) is 0 Å². The van der Waals surface area contributed by atoms with Gasteiger partial charge in [0.1, 0.15) is 0 Å². The van der Waals surface area contributed by atoms with Crippen molar-refractivity contribution >= 4 is 9.84 Å². The number of fused-ring (bicyclic) bond motifs is 1. The average molecular weight is 214 g/mol.